The van der Waals surface area contributed by atoms with E-state index in [4.69, 9.17) is 14.9 Å². The van der Waals surface area contributed by atoms with Gasteiger partial charge in [0.25, 0.3) is 0 Å². The van der Waals surface area contributed by atoms with Gasteiger partial charge in [-0.15, -0.1) is 0 Å². The molecule has 6 nitrogen and oxygen atoms in total. The van der Waals surface area contributed by atoms with Crippen LogP contribution in [0.3, 0.4) is 0 Å². The average molecular weight is 192 g/mol. The van der Waals surface area contributed by atoms with Gasteiger partial charge in [-0.05, 0) is 0 Å². The van der Waals surface area contributed by atoms with E-state index >= 15 is 0 Å². The highest BCUT2D eigenvalue weighted by Crippen LogP contribution is 2.18. The molecule has 0 spiro atoms. The third kappa shape index (κ3) is 1.80. The lowest BCUT2D eigenvalue weighted by Gasteiger charge is -2.35. The number of carbonyl (C=O) groups excluding carboxylic acids is 1. The lowest BCUT2D eigenvalue weighted by atomic mass is 10.00. The zero-order valence-electron chi connectivity index (χ0n) is 7.08. The van der Waals surface area contributed by atoms with Crippen LogP contribution in [0.15, 0.2) is 0 Å². The summed E-state index contributed by atoms with van der Waals surface area (Å²) in [7, 11) is 1.29. The first-order valence-electron chi connectivity index (χ1n) is 3.82. The lowest BCUT2D eigenvalue weighted by molar-refractivity contribution is -0.211. The minimum absolute atomic E-state index is 0.450. The Morgan fingerprint density at radius 3 is 2.62 bits per heavy atom. The van der Waals surface area contributed by atoms with Crippen molar-refractivity contribution in [2.45, 2.75) is 24.4 Å². The van der Waals surface area contributed by atoms with Crippen LogP contribution >= 0.6 is 0 Å². The molecular weight excluding hydrogens is 180 g/mol. The predicted molar refractivity (Wildman–Crippen MR) is 39.8 cm³/mol. The van der Waals surface area contributed by atoms with Crippen molar-refractivity contribution in [3.63, 3.8) is 0 Å². The summed E-state index contributed by atoms with van der Waals surface area (Å²) in [6.45, 7) is -0.450. The molecule has 4 atom stereocenters. The van der Waals surface area contributed by atoms with Gasteiger partial charge >= 0.3 is 5.97 Å². The molecule has 0 aromatic rings. The van der Waals surface area contributed by atoms with Crippen molar-refractivity contribution < 1.29 is 29.6 Å². The molecule has 0 bridgehead atoms. The fraction of sp³-hybridized carbons (Fsp3) is 0.857. The van der Waals surface area contributed by atoms with Crippen LogP contribution in [0.5, 0.6) is 0 Å². The summed E-state index contributed by atoms with van der Waals surface area (Å²) in [5, 5.41) is 27.2. The molecule has 0 aromatic heterocycles. The van der Waals surface area contributed by atoms with E-state index in [1.165, 1.54) is 7.11 Å². The predicted octanol–water partition coefficient (Wildman–Crippen LogP) is -2.36. The summed E-state index contributed by atoms with van der Waals surface area (Å²) in [6.07, 6.45) is -4.77. The highest BCUT2D eigenvalue weighted by atomic mass is 16.6. The summed E-state index contributed by atoms with van der Waals surface area (Å²) in [4.78, 5) is 10.8. The van der Waals surface area contributed by atoms with Gasteiger partial charge in [-0.3, -0.25) is 0 Å². The molecule has 1 aliphatic heterocycles. The van der Waals surface area contributed by atoms with Gasteiger partial charge in [-0.25, -0.2) is 4.79 Å². The molecule has 76 valence electrons. The molecule has 6 heteroatoms. The molecule has 0 amide bonds. The Hall–Kier alpha value is -0.690. The van der Waals surface area contributed by atoms with E-state index in [0.717, 1.165) is 0 Å². The van der Waals surface area contributed by atoms with Gasteiger partial charge in [0.2, 0.25) is 0 Å². The second kappa shape index (κ2) is 4.01. The molecule has 13 heavy (non-hydrogen) atoms. The molecule has 0 radical (unpaired) electrons. The molecule has 1 rings (SSSR count). The Kier molecular flexibility index (Phi) is 3.21. The van der Waals surface area contributed by atoms with Crippen LogP contribution in [0.25, 0.3) is 0 Å². The van der Waals surface area contributed by atoms with Gasteiger partial charge in [-0.2, -0.15) is 0 Å². The molecule has 0 aromatic carbocycles. The topological polar surface area (TPSA) is 96.2 Å². The van der Waals surface area contributed by atoms with E-state index in [9.17, 15) is 9.90 Å². The fourth-order valence-electron chi connectivity index (χ4n) is 1.26. The van der Waals surface area contributed by atoms with Crippen molar-refractivity contribution in [2.75, 3.05) is 13.7 Å². The van der Waals surface area contributed by atoms with E-state index in [-0.39, 0.29) is 0 Å². The molecule has 1 fully saturated rings. The van der Waals surface area contributed by atoms with Crippen molar-refractivity contribution >= 4 is 5.97 Å². The van der Waals surface area contributed by atoms with E-state index < -0.39 is 37.0 Å². The highest BCUT2D eigenvalue weighted by molar-refractivity contribution is 5.76. The Balaban J connectivity index is 2.74. The Labute approximate surface area is 74.7 Å². The van der Waals surface area contributed by atoms with Crippen LogP contribution in [0.4, 0.5) is 0 Å². The molecular formula is C7H12O6. The quantitative estimate of drug-likeness (QED) is 0.423. The summed E-state index contributed by atoms with van der Waals surface area (Å²) >= 11 is 0. The van der Waals surface area contributed by atoms with Crippen LogP contribution in [-0.4, -0.2) is 59.4 Å². The van der Waals surface area contributed by atoms with Crippen LogP contribution < -0.4 is 0 Å². The largest absolute Gasteiger partial charge is 0.455 e. The van der Waals surface area contributed by atoms with Crippen molar-refractivity contribution in [1.29, 1.82) is 0 Å². The summed E-state index contributed by atoms with van der Waals surface area (Å²) in [5.41, 5.74) is 0. The minimum Gasteiger partial charge on any atom is -0.455 e. The number of hydrogen-bond donors (Lipinski definition) is 3. The first-order chi connectivity index (χ1) is 6.11. The second-order valence-electron chi connectivity index (χ2n) is 2.79. The smallest absolute Gasteiger partial charge is 0.338 e. The maximum absolute atomic E-state index is 10.8. The van der Waals surface area contributed by atoms with Gasteiger partial charge < -0.3 is 24.8 Å². The first kappa shape index (κ1) is 10.4. The van der Waals surface area contributed by atoms with Crippen LogP contribution in [-0.2, 0) is 14.3 Å². The molecule has 0 aliphatic carbocycles. The molecule has 2 unspecified atom stereocenters. The number of esters is 1. The first-order valence-corrected chi connectivity index (χ1v) is 3.82. The SMILES string of the molecule is CO[C@@H]1C(CO)OC(=O)[C@@H](O)C1O. The van der Waals surface area contributed by atoms with Crippen molar-refractivity contribution in [2.24, 2.45) is 0 Å². The van der Waals surface area contributed by atoms with Crippen molar-refractivity contribution in [1.82, 2.24) is 0 Å². The second-order valence-corrected chi connectivity index (χ2v) is 2.79. The number of rotatable bonds is 2. The van der Waals surface area contributed by atoms with Gasteiger partial charge in [0.05, 0.1) is 6.61 Å². The number of hydrogen-bond acceptors (Lipinski definition) is 6. The number of methoxy groups -OCH3 is 1. The van der Waals surface area contributed by atoms with Crippen LogP contribution in [0, 0.1) is 0 Å². The number of carbonyl (C=O) groups is 1. The molecule has 3 N–H and O–H groups in total. The van der Waals surface area contributed by atoms with E-state index in [2.05, 4.69) is 4.74 Å². The Morgan fingerprint density at radius 1 is 1.54 bits per heavy atom. The monoisotopic (exact) mass is 192 g/mol. The van der Waals surface area contributed by atoms with Crippen LogP contribution in [0.1, 0.15) is 0 Å². The molecule has 1 heterocycles. The van der Waals surface area contributed by atoms with Gasteiger partial charge in [0, 0.05) is 7.11 Å². The molecule has 0 saturated carbocycles. The van der Waals surface area contributed by atoms with E-state index in [0.29, 0.717) is 0 Å². The van der Waals surface area contributed by atoms with Crippen LogP contribution in [0.2, 0.25) is 0 Å². The maximum Gasteiger partial charge on any atom is 0.338 e. The van der Waals surface area contributed by atoms with Gasteiger partial charge in [0.1, 0.15) is 12.2 Å². The number of aliphatic hydroxyl groups is 3. The fourth-order valence-corrected chi connectivity index (χ4v) is 1.26. The number of aliphatic hydroxyl groups excluding tert-OH is 3. The highest BCUT2D eigenvalue weighted by Gasteiger charge is 2.44. The normalized spacial score (nSPS) is 40.2. The number of cyclic esters (lactones) is 1. The molecule has 1 aliphatic rings. The third-order valence-corrected chi connectivity index (χ3v) is 1.99. The standard InChI is InChI=1S/C7H12O6/c1-12-6-3(2-8)13-7(11)5(10)4(6)9/h3-6,8-10H,2H2,1H3/t3?,4?,5-,6+/m0/s1. The minimum atomic E-state index is -1.60. The third-order valence-electron chi connectivity index (χ3n) is 1.99. The Morgan fingerprint density at radius 2 is 2.15 bits per heavy atom. The molecule has 1 saturated heterocycles. The Bertz CT molecular complexity index is 191. The summed E-state index contributed by atoms with van der Waals surface area (Å²) in [5.74, 6) is -0.945. The number of ether oxygens (including phenoxy) is 2. The van der Waals surface area contributed by atoms with Crippen molar-refractivity contribution in [3.8, 4) is 0 Å². The lowest BCUT2D eigenvalue weighted by Crippen LogP contribution is -2.57. The zero-order valence-corrected chi connectivity index (χ0v) is 7.08. The van der Waals surface area contributed by atoms with E-state index in [1.807, 2.05) is 0 Å². The van der Waals surface area contributed by atoms with Crippen molar-refractivity contribution in [3.05, 3.63) is 0 Å². The zero-order chi connectivity index (χ0) is 10.0. The van der Waals surface area contributed by atoms with E-state index in [1.54, 1.807) is 0 Å². The maximum atomic E-state index is 10.8. The van der Waals surface area contributed by atoms with Gasteiger partial charge in [-0.1, -0.05) is 0 Å². The summed E-state index contributed by atoms with van der Waals surface area (Å²) < 4.78 is 9.38. The van der Waals surface area contributed by atoms with Gasteiger partial charge in [0.15, 0.2) is 12.2 Å². The average Bonchev–Trinajstić information content (AvgIpc) is 2.13. The summed E-state index contributed by atoms with van der Waals surface area (Å²) in [6, 6.07) is 0.